The summed E-state index contributed by atoms with van der Waals surface area (Å²) in [6, 6.07) is 11.8. The zero-order chi connectivity index (χ0) is 22.5. The number of aromatic nitrogens is 3. The Morgan fingerprint density at radius 2 is 2.00 bits per heavy atom. The summed E-state index contributed by atoms with van der Waals surface area (Å²) in [5.41, 5.74) is 7.48. The first kappa shape index (κ1) is 22.1. The van der Waals surface area contributed by atoms with Crippen LogP contribution in [0.15, 0.2) is 52.2 Å². The van der Waals surface area contributed by atoms with Crippen LogP contribution in [-0.4, -0.2) is 50.3 Å². The zero-order valence-electron chi connectivity index (χ0n) is 18.1. The molecule has 0 radical (unpaired) electrons. The van der Waals surface area contributed by atoms with Gasteiger partial charge in [0.25, 0.3) is 0 Å². The maximum atomic E-state index is 12.5. The molecule has 2 amide bonds. The van der Waals surface area contributed by atoms with E-state index in [9.17, 15) is 9.59 Å². The van der Waals surface area contributed by atoms with Crippen LogP contribution < -0.4 is 5.73 Å². The van der Waals surface area contributed by atoms with Crippen LogP contribution in [0.1, 0.15) is 31.2 Å². The van der Waals surface area contributed by atoms with Crippen molar-refractivity contribution in [3.63, 3.8) is 0 Å². The van der Waals surface area contributed by atoms with Gasteiger partial charge in [-0.15, -0.1) is 10.2 Å². The Kier molecular flexibility index (Phi) is 6.94. The van der Waals surface area contributed by atoms with Gasteiger partial charge in [-0.1, -0.05) is 23.9 Å². The number of thioether (sulfide) groups is 1. The maximum Gasteiger partial charge on any atom is 0.222 e. The molecule has 2 aromatic heterocycles. The minimum atomic E-state index is -0.264. The summed E-state index contributed by atoms with van der Waals surface area (Å²) in [5, 5.41) is 9.51. The van der Waals surface area contributed by atoms with Crippen molar-refractivity contribution in [2.24, 2.45) is 11.7 Å². The molecule has 4 rings (SSSR count). The number of piperidine rings is 1. The number of amides is 2. The van der Waals surface area contributed by atoms with E-state index in [1.807, 2.05) is 46.7 Å². The molecule has 3 aromatic rings. The molecule has 0 bridgehead atoms. The van der Waals surface area contributed by atoms with E-state index < -0.39 is 0 Å². The van der Waals surface area contributed by atoms with Crippen molar-refractivity contribution >= 4 is 23.6 Å². The van der Waals surface area contributed by atoms with Gasteiger partial charge in [0.2, 0.25) is 17.6 Å². The summed E-state index contributed by atoms with van der Waals surface area (Å²) in [6.45, 7) is 3.26. The molecule has 3 heterocycles. The number of hydrogen-bond donors (Lipinski definition) is 1. The van der Waals surface area contributed by atoms with Crippen molar-refractivity contribution < 1.29 is 14.0 Å². The summed E-state index contributed by atoms with van der Waals surface area (Å²) < 4.78 is 7.55. The number of aryl methyl sites for hydroxylation is 1. The van der Waals surface area contributed by atoms with E-state index in [0.29, 0.717) is 43.9 Å². The molecular weight excluding hydrogens is 426 g/mol. The van der Waals surface area contributed by atoms with E-state index in [1.54, 1.807) is 18.0 Å². The molecule has 168 valence electrons. The van der Waals surface area contributed by atoms with Crippen LogP contribution in [0.5, 0.6) is 0 Å². The van der Waals surface area contributed by atoms with Gasteiger partial charge in [-0.2, -0.15) is 0 Å². The number of nitrogens with two attached hydrogens (primary N) is 1. The number of rotatable bonds is 8. The molecule has 0 atom stereocenters. The van der Waals surface area contributed by atoms with Gasteiger partial charge in [-0.25, -0.2) is 0 Å². The molecule has 1 saturated heterocycles. The van der Waals surface area contributed by atoms with Gasteiger partial charge in [-0.05, 0) is 56.0 Å². The lowest BCUT2D eigenvalue weighted by atomic mass is 9.96. The third-order valence-corrected chi connectivity index (χ3v) is 6.67. The van der Waals surface area contributed by atoms with E-state index in [4.69, 9.17) is 10.2 Å². The smallest absolute Gasteiger partial charge is 0.222 e. The van der Waals surface area contributed by atoms with Crippen molar-refractivity contribution in [2.45, 2.75) is 37.8 Å². The number of carbonyl (C=O) groups is 2. The number of hydrogen-bond acceptors (Lipinski definition) is 6. The molecular formula is C23H27N5O3S. The Bertz CT molecular complexity index is 1070. The Balaban J connectivity index is 1.38. The second-order valence-corrected chi connectivity index (χ2v) is 9.03. The fourth-order valence-corrected chi connectivity index (χ4v) is 4.78. The van der Waals surface area contributed by atoms with Crippen LogP contribution in [0.2, 0.25) is 0 Å². The van der Waals surface area contributed by atoms with Gasteiger partial charge in [0.1, 0.15) is 0 Å². The average Bonchev–Trinajstić information content (AvgIpc) is 3.46. The first-order chi connectivity index (χ1) is 15.5. The van der Waals surface area contributed by atoms with E-state index >= 15 is 0 Å². The van der Waals surface area contributed by atoms with Gasteiger partial charge in [0, 0.05) is 31.2 Å². The quantitative estimate of drug-likeness (QED) is 0.414. The molecule has 0 unspecified atom stereocenters. The van der Waals surface area contributed by atoms with Crippen LogP contribution in [0.4, 0.5) is 0 Å². The number of likely N-dealkylation sites (tertiary alicyclic amines) is 1. The van der Waals surface area contributed by atoms with E-state index in [1.165, 1.54) is 0 Å². The number of nitrogens with zero attached hydrogens (tertiary/aromatic N) is 4. The monoisotopic (exact) mass is 453 g/mol. The fraction of sp³-hybridized carbons (Fsp3) is 0.391. The molecule has 1 aromatic carbocycles. The normalized spacial score (nSPS) is 14.6. The topological polar surface area (TPSA) is 107 Å². The standard InChI is InChI=1S/C23H27N5O3S/c1-16-5-2-6-18(15-16)28-22(19-7-3-13-31-19)25-26-23(28)32-14-4-8-20(29)27-11-9-17(10-12-27)21(24)30/h2-3,5-7,13,15,17H,4,8-12,14H2,1H3,(H2,24,30). The fourth-order valence-electron chi connectivity index (χ4n) is 3.89. The lowest BCUT2D eigenvalue weighted by Crippen LogP contribution is -2.41. The predicted octanol–water partition coefficient (Wildman–Crippen LogP) is 3.43. The number of primary amides is 1. The summed E-state index contributed by atoms with van der Waals surface area (Å²) in [6.07, 6.45) is 4.14. The van der Waals surface area contributed by atoms with Crippen LogP contribution in [0, 0.1) is 12.8 Å². The Morgan fingerprint density at radius 1 is 1.19 bits per heavy atom. The van der Waals surface area contributed by atoms with Gasteiger partial charge in [-0.3, -0.25) is 14.2 Å². The Morgan fingerprint density at radius 3 is 2.69 bits per heavy atom. The molecule has 0 spiro atoms. The second kappa shape index (κ2) is 10.0. The molecule has 32 heavy (non-hydrogen) atoms. The minimum absolute atomic E-state index is 0.106. The van der Waals surface area contributed by atoms with E-state index in [2.05, 4.69) is 16.3 Å². The highest BCUT2D eigenvalue weighted by Gasteiger charge is 2.25. The summed E-state index contributed by atoms with van der Waals surface area (Å²) >= 11 is 1.57. The molecule has 8 nitrogen and oxygen atoms in total. The molecule has 9 heteroatoms. The first-order valence-electron chi connectivity index (χ1n) is 10.8. The zero-order valence-corrected chi connectivity index (χ0v) is 18.9. The molecule has 0 saturated carbocycles. The Hall–Kier alpha value is -3.07. The van der Waals surface area contributed by atoms with Crippen molar-refractivity contribution in [2.75, 3.05) is 18.8 Å². The molecule has 2 N–H and O–H groups in total. The van der Waals surface area contributed by atoms with Crippen LogP contribution in [0.3, 0.4) is 0 Å². The van der Waals surface area contributed by atoms with Gasteiger partial charge in [0.05, 0.1) is 12.0 Å². The summed E-state index contributed by atoms with van der Waals surface area (Å²) in [4.78, 5) is 25.7. The predicted molar refractivity (Wildman–Crippen MR) is 122 cm³/mol. The van der Waals surface area contributed by atoms with E-state index in [0.717, 1.165) is 28.6 Å². The van der Waals surface area contributed by atoms with Crippen LogP contribution in [-0.2, 0) is 9.59 Å². The summed E-state index contributed by atoms with van der Waals surface area (Å²) in [5.74, 6) is 1.80. The van der Waals surface area contributed by atoms with Crippen molar-refractivity contribution in [3.05, 3.63) is 48.2 Å². The van der Waals surface area contributed by atoms with E-state index in [-0.39, 0.29) is 17.7 Å². The second-order valence-electron chi connectivity index (χ2n) is 7.97. The highest BCUT2D eigenvalue weighted by Crippen LogP contribution is 2.29. The molecule has 1 aliphatic heterocycles. The minimum Gasteiger partial charge on any atom is -0.461 e. The third-order valence-electron chi connectivity index (χ3n) is 5.65. The number of benzene rings is 1. The largest absolute Gasteiger partial charge is 0.461 e. The van der Waals surface area contributed by atoms with Crippen molar-refractivity contribution in [3.8, 4) is 17.3 Å². The van der Waals surface area contributed by atoms with Crippen LogP contribution in [0.25, 0.3) is 17.3 Å². The first-order valence-corrected chi connectivity index (χ1v) is 11.8. The highest BCUT2D eigenvalue weighted by atomic mass is 32.2. The average molecular weight is 454 g/mol. The van der Waals surface area contributed by atoms with Crippen molar-refractivity contribution in [1.29, 1.82) is 0 Å². The van der Waals surface area contributed by atoms with Gasteiger partial charge < -0.3 is 15.1 Å². The number of carbonyl (C=O) groups excluding carboxylic acids is 2. The lowest BCUT2D eigenvalue weighted by molar-refractivity contribution is -0.134. The summed E-state index contributed by atoms with van der Waals surface area (Å²) in [7, 11) is 0. The molecule has 0 aliphatic carbocycles. The molecule has 1 fully saturated rings. The SMILES string of the molecule is Cc1cccc(-n2c(SCCCC(=O)N3CCC(C(N)=O)CC3)nnc2-c2ccco2)c1. The van der Waals surface area contributed by atoms with Gasteiger partial charge >= 0.3 is 0 Å². The Labute approximate surface area is 191 Å². The highest BCUT2D eigenvalue weighted by molar-refractivity contribution is 7.99. The molecule has 1 aliphatic rings. The van der Waals surface area contributed by atoms with Crippen LogP contribution >= 0.6 is 11.8 Å². The third kappa shape index (κ3) is 5.04. The van der Waals surface area contributed by atoms with Gasteiger partial charge in [0.15, 0.2) is 10.9 Å². The lowest BCUT2D eigenvalue weighted by Gasteiger charge is -2.30. The van der Waals surface area contributed by atoms with Crippen molar-refractivity contribution in [1.82, 2.24) is 19.7 Å². The number of furan rings is 1. The maximum absolute atomic E-state index is 12.5.